The summed E-state index contributed by atoms with van der Waals surface area (Å²) < 4.78 is 8.14. The number of benzene rings is 1. The molecule has 0 saturated carbocycles. The summed E-state index contributed by atoms with van der Waals surface area (Å²) >= 11 is 8.09. The number of nitrogens with zero attached hydrogens (tertiary/aromatic N) is 1. The van der Waals surface area contributed by atoms with Gasteiger partial charge in [0.25, 0.3) is 5.91 Å². The lowest BCUT2D eigenvalue weighted by molar-refractivity contribution is 0.0919. The largest absolute Gasteiger partial charge is 0.486 e. The van der Waals surface area contributed by atoms with E-state index in [1.165, 1.54) is 4.88 Å². The van der Waals surface area contributed by atoms with Crippen LogP contribution in [-0.4, -0.2) is 16.6 Å². The molecule has 1 aliphatic heterocycles. The molecule has 1 aliphatic rings. The normalized spacial score (nSPS) is 16.9. The van der Waals surface area contributed by atoms with Gasteiger partial charge in [0.15, 0.2) is 0 Å². The van der Waals surface area contributed by atoms with Crippen molar-refractivity contribution in [2.75, 3.05) is 0 Å². The predicted molar refractivity (Wildman–Crippen MR) is 111 cm³/mol. The van der Waals surface area contributed by atoms with Crippen LogP contribution in [0, 0.1) is 0 Å². The molecule has 142 valence electrons. The lowest BCUT2D eigenvalue weighted by Crippen LogP contribution is -2.33. The third kappa shape index (κ3) is 3.34. The minimum Gasteiger partial charge on any atom is -0.486 e. The van der Waals surface area contributed by atoms with Crippen LogP contribution in [0.15, 0.2) is 35.7 Å². The van der Waals surface area contributed by atoms with E-state index >= 15 is 0 Å². The molecule has 27 heavy (non-hydrogen) atoms. The molecule has 2 atom stereocenters. The van der Waals surface area contributed by atoms with Gasteiger partial charge in [0, 0.05) is 10.3 Å². The Balaban J connectivity index is 1.72. The molecule has 4 rings (SSSR count). The van der Waals surface area contributed by atoms with Crippen LogP contribution in [-0.2, 0) is 6.54 Å². The Morgan fingerprint density at radius 2 is 2.26 bits per heavy atom. The van der Waals surface area contributed by atoms with Gasteiger partial charge in [0.1, 0.15) is 17.5 Å². The zero-order valence-electron chi connectivity index (χ0n) is 15.5. The lowest BCUT2D eigenvalue weighted by Gasteiger charge is -2.27. The number of ether oxygens (including phenoxy) is 1. The SMILES string of the molecule is CCCC(NC(=O)c1cc2c(Cl)ccc3c2n1CC(CC)O3)c1cccs1. The number of amides is 1. The van der Waals surface area contributed by atoms with Crippen molar-refractivity contribution in [3.8, 4) is 5.75 Å². The molecule has 6 heteroatoms. The van der Waals surface area contributed by atoms with E-state index in [9.17, 15) is 4.79 Å². The standard InChI is InChI=1S/C21H23ClN2O2S/c1-3-6-16(19-7-5-10-27-19)23-21(25)17-11-14-15(22)8-9-18-20(14)24(17)12-13(4-2)26-18/h5,7-11,13,16H,3-4,6,12H2,1-2H3,(H,23,25). The van der Waals surface area contributed by atoms with Gasteiger partial charge in [-0.3, -0.25) is 4.79 Å². The second-order valence-electron chi connectivity index (χ2n) is 6.93. The Labute approximate surface area is 168 Å². The van der Waals surface area contributed by atoms with Crippen molar-refractivity contribution in [3.63, 3.8) is 0 Å². The van der Waals surface area contributed by atoms with Gasteiger partial charge < -0.3 is 14.6 Å². The van der Waals surface area contributed by atoms with E-state index in [0.29, 0.717) is 17.3 Å². The molecule has 0 saturated heterocycles. The Morgan fingerprint density at radius 3 is 2.96 bits per heavy atom. The molecule has 0 aliphatic carbocycles. The molecule has 0 bridgehead atoms. The fourth-order valence-electron chi connectivity index (χ4n) is 3.72. The number of carbonyl (C=O) groups excluding carboxylic acids is 1. The maximum atomic E-state index is 13.2. The van der Waals surface area contributed by atoms with Crippen LogP contribution in [0.3, 0.4) is 0 Å². The molecule has 2 aromatic heterocycles. The lowest BCUT2D eigenvalue weighted by atomic mass is 10.1. The molecule has 1 amide bonds. The topological polar surface area (TPSA) is 43.3 Å². The molecule has 0 radical (unpaired) electrons. The summed E-state index contributed by atoms with van der Waals surface area (Å²) in [4.78, 5) is 14.4. The van der Waals surface area contributed by atoms with Crippen LogP contribution in [0.2, 0.25) is 5.02 Å². The average Bonchev–Trinajstić information content (AvgIpc) is 3.33. The third-order valence-corrected chi connectivity index (χ3v) is 6.42. The van der Waals surface area contributed by atoms with Crippen LogP contribution in [0.25, 0.3) is 10.9 Å². The minimum atomic E-state index is -0.0585. The van der Waals surface area contributed by atoms with Crippen LogP contribution in [0.5, 0.6) is 5.75 Å². The summed E-state index contributed by atoms with van der Waals surface area (Å²) in [6.45, 7) is 4.89. The van der Waals surface area contributed by atoms with Gasteiger partial charge >= 0.3 is 0 Å². The first-order valence-electron chi connectivity index (χ1n) is 9.45. The molecule has 3 heterocycles. The first kappa shape index (κ1) is 18.4. The zero-order valence-corrected chi connectivity index (χ0v) is 17.1. The number of nitrogens with one attached hydrogen (secondary N) is 1. The van der Waals surface area contributed by atoms with E-state index in [-0.39, 0.29) is 18.1 Å². The summed E-state index contributed by atoms with van der Waals surface area (Å²) in [6.07, 6.45) is 2.87. The van der Waals surface area contributed by atoms with Gasteiger partial charge in [0.2, 0.25) is 0 Å². The van der Waals surface area contributed by atoms with Gasteiger partial charge in [-0.2, -0.15) is 0 Å². The third-order valence-electron chi connectivity index (χ3n) is 5.11. The Hall–Kier alpha value is -1.98. The minimum absolute atomic E-state index is 0.0325. The Kier molecular flexibility index (Phi) is 5.15. The highest BCUT2D eigenvalue weighted by atomic mass is 35.5. The summed E-state index contributed by atoms with van der Waals surface area (Å²) in [5, 5.41) is 6.80. The number of hydrogen-bond acceptors (Lipinski definition) is 3. The van der Waals surface area contributed by atoms with Crippen molar-refractivity contribution in [2.24, 2.45) is 0 Å². The summed E-state index contributed by atoms with van der Waals surface area (Å²) in [5.41, 5.74) is 1.57. The molecule has 1 aromatic carbocycles. The summed E-state index contributed by atoms with van der Waals surface area (Å²) in [7, 11) is 0. The quantitative estimate of drug-likeness (QED) is 0.566. The number of halogens is 1. The fraction of sp³-hybridized carbons (Fsp3) is 0.381. The molecule has 0 fully saturated rings. The van der Waals surface area contributed by atoms with E-state index in [1.807, 2.05) is 24.3 Å². The highest BCUT2D eigenvalue weighted by molar-refractivity contribution is 7.10. The smallest absolute Gasteiger partial charge is 0.268 e. The van der Waals surface area contributed by atoms with Gasteiger partial charge in [-0.1, -0.05) is 37.9 Å². The number of rotatable bonds is 6. The number of carbonyl (C=O) groups is 1. The molecule has 1 N–H and O–H groups in total. The van der Waals surface area contributed by atoms with E-state index < -0.39 is 0 Å². The van der Waals surface area contributed by atoms with Gasteiger partial charge in [0.05, 0.1) is 23.1 Å². The molecule has 2 unspecified atom stereocenters. The zero-order chi connectivity index (χ0) is 19.0. The van der Waals surface area contributed by atoms with Crippen LogP contribution in [0.4, 0.5) is 0 Å². The maximum absolute atomic E-state index is 13.2. The van der Waals surface area contributed by atoms with Gasteiger partial charge in [-0.25, -0.2) is 0 Å². The van der Waals surface area contributed by atoms with E-state index in [1.54, 1.807) is 11.3 Å². The first-order chi connectivity index (χ1) is 13.1. The van der Waals surface area contributed by atoms with Crippen molar-refractivity contribution in [3.05, 3.63) is 51.3 Å². The number of hydrogen-bond donors (Lipinski definition) is 1. The van der Waals surface area contributed by atoms with E-state index in [2.05, 4.69) is 35.2 Å². The molecular formula is C21H23ClN2O2S. The van der Waals surface area contributed by atoms with Crippen molar-refractivity contribution in [1.82, 2.24) is 9.88 Å². The van der Waals surface area contributed by atoms with Gasteiger partial charge in [-0.15, -0.1) is 11.3 Å². The van der Waals surface area contributed by atoms with E-state index in [4.69, 9.17) is 16.3 Å². The summed E-state index contributed by atoms with van der Waals surface area (Å²) in [6, 6.07) is 9.78. The van der Waals surface area contributed by atoms with E-state index in [0.717, 1.165) is 35.9 Å². The van der Waals surface area contributed by atoms with Crippen LogP contribution < -0.4 is 10.1 Å². The highest BCUT2D eigenvalue weighted by Gasteiger charge is 2.28. The van der Waals surface area contributed by atoms with Gasteiger partial charge in [-0.05, 0) is 42.5 Å². The highest BCUT2D eigenvalue weighted by Crippen LogP contribution is 2.38. The second kappa shape index (κ2) is 7.56. The second-order valence-corrected chi connectivity index (χ2v) is 8.31. The monoisotopic (exact) mass is 402 g/mol. The van der Waals surface area contributed by atoms with Crippen LogP contribution in [0.1, 0.15) is 54.5 Å². The molecular weight excluding hydrogens is 380 g/mol. The molecule has 4 nitrogen and oxygen atoms in total. The first-order valence-corrected chi connectivity index (χ1v) is 10.7. The number of aromatic nitrogens is 1. The average molecular weight is 403 g/mol. The molecule has 3 aromatic rings. The molecule has 0 spiro atoms. The summed E-state index contributed by atoms with van der Waals surface area (Å²) in [5.74, 6) is 0.742. The predicted octanol–water partition coefficient (Wildman–Crippen LogP) is 5.80. The van der Waals surface area contributed by atoms with Crippen molar-refractivity contribution >= 4 is 39.7 Å². The van der Waals surface area contributed by atoms with Crippen molar-refractivity contribution in [1.29, 1.82) is 0 Å². The van der Waals surface area contributed by atoms with Crippen LogP contribution >= 0.6 is 22.9 Å². The Morgan fingerprint density at radius 1 is 1.41 bits per heavy atom. The Bertz CT molecular complexity index is 964. The fourth-order valence-corrected chi connectivity index (χ4v) is 4.74. The van der Waals surface area contributed by atoms with Crippen molar-refractivity contribution in [2.45, 2.75) is 51.8 Å². The number of thiophene rings is 1. The van der Waals surface area contributed by atoms with Crippen molar-refractivity contribution < 1.29 is 9.53 Å². The maximum Gasteiger partial charge on any atom is 0.268 e.